The third-order valence-corrected chi connectivity index (χ3v) is 6.72. The van der Waals surface area contributed by atoms with Gasteiger partial charge in [-0.05, 0) is 92.4 Å². The Bertz CT molecular complexity index is 1180. The maximum atomic E-state index is 6.31. The quantitative estimate of drug-likeness (QED) is 0.292. The van der Waals surface area contributed by atoms with Crippen LogP contribution in [0.3, 0.4) is 0 Å². The zero-order chi connectivity index (χ0) is 24.9. The van der Waals surface area contributed by atoms with Crippen molar-refractivity contribution >= 4 is 28.9 Å². The summed E-state index contributed by atoms with van der Waals surface area (Å²) in [6.07, 6.45) is 1.01. The summed E-state index contributed by atoms with van der Waals surface area (Å²) in [5, 5.41) is 1.04. The normalized spacial score (nSPS) is 15.0. The smallest absolute Gasteiger partial charge is 0.119 e. The van der Waals surface area contributed by atoms with Crippen LogP contribution in [0.2, 0.25) is 10.0 Å². The van der Waals surface area contributed by atoms with E-state index in [4.69, 9.17) is 37.4 Å². The summed E-state index contributed by atoms with van der Waals surface area (Å²) in [5.41, 5.74) is 4.30. The molecule has 0 aliphatic carbocycles. The number of rotatable bonds is 9. The summed E-state index contributed by atoms with van der Waals surface area (Å²) < 4.78 is 17.8. The van der Waals surface area contributed by atoms with Gasteiger partial charge in [-0.25, -0.2) is 0 Å². The van der Waals surface area contributed by atoms with E-state index in [0.717, 1.165) is 41.5 Å². The Morgan fingerprint density at radius 1 is 0.943 bits per heavy atom. The molecule has 6 heteroatoms. The molecule has 0 amide bonds. The van der Waals surface area contributed by atoms with Gasteiger partial charge in [0.05, 0.1) is 28.8 Å². The van der Waals surface area contributed by atoms with E-state index in [9.17, 15) is 0 Å². The molecule has 0 aromatic heterocycles. The molecule has 0 bridgehead atoms. The monoisotopic (exact) mass is 511 g/mol. The number of fused-ring (bicyclic) bond motifs is 1. The standard InChI is InChI=1S/C29H31Cl2NO3/c1-5-33-23-7-9-24(10-8-23)34-18-29-26-12-11-25(35-19(2)3)16-22(26)14-15-32(29)20(4)21-6-13-27(30)28(31)17-21/h6-13,16-17,19,29H,4-5,14-15,18H2,1-3H3. The Morgan fingerprint density at radius 3 is 2.29 bits per heavy atom. The largest absolute Gasteiger partial charge is 0.494 e. The summed E-state index contributed by atoms with van der Waals surface area (Å²) in [5.74, 6) is 2.51. The Hall–Kier alpha value is -2.82. The average molecular weight is 512 g/mol. The maximum Gasteiger partial charge on any atom is 0.119 e. The van der Waals surface area contributed by atoms with Crippen LogP contribution in [-0.4, -0.2) is 30.8 Å². The lowest BCUT2D eigenvalue weighted by atomic mass is 9.91. The molecular formula is C29H31Cl2NO3. The summed E-state index contributed by atoms with van der Waals surface area (Å²) >= 11 is 12.5. The van der Waals surface area contributed by atoms with E-state index in [0.29, 0.717) is 23.3 Å². The van der Waals surface area contributed by atoms with Gasteiger partial charge in [0.15, 0.2) is 0 Å². The molecule has 1 aliphatic heterocycles. The Kier molecular flexibility index (Phi) is 8.15. The second-order valence-corrected chi connectivity index (χ2v) is 9.59. The first kappa shape index (κ1) is 25.3. The lowest BCUT2D eigenvalue weighted by molar-refractivity contribution is 0.180. The van der Waals surface area contributed by atoms with Gasteiger partial charge >= 0.3 is 0 Å². The van der Waals surface area contributed by atoms with E-state index in [2.05, 4.69) is 23.6 Å². The molecule has 3 aromatic carbocycles. The molecule has 1 unspecified atom stereocenters. The predicted molar refractivity (Wildman–Crippen MR) is 144 cm³/mol. The van der Waals surface area contributed by atoms with E-state index in [1.54, 1.807) is 0 Å². The van der Waals surface area contributed by atoms with Crippen molar-refractivity contribution in [2.24, 2.45) is 0 Å². The van der Waals surface area contributed by atoms with Crippen molar-refractivity contribution in [2.75, 3.05) is 19.8 Å². The van der Waals surface area contributed by atoms with Gasteiger partial charge in [-0.2, -0.15) is 0 Å². The fourth-order valence-electron chi connectivity index (χ4n) is 4.35. The van der Waals surface area contributed by atoms with Gasteiger partial charge in [0.25, 0.3) is 0 Å². The molecule has 1 heterocycles. The van der Waals surface area contributed by atoms with Crippen molar-refractivity contribution in [3.63, 3.8) is 0 Å². The molecule has 0 saturated carbocycles. The highest BCUT2D eigenvalue weighted by molar-refractivity contribution is 6.42. The first-order valence-corrected chi connectivity index (χ1v) is 12.7. The molecule has 0 fully saturated rings. The lowest BCUT2D eigenvalue weighted by Crippen LogP contribution is -2.37. The van der Waals surface area contributed by atoms with Gasteiger partial charge < -0.3 is 19.1 Å². The maximum absolute atomic E-state index is 6.31. The third-order valence-electron chi connectivity index (χ3n) is 5.99. The van der Waals surface area contributed by atoms with Gasteiger partial charge in [0.2, 0.25) is 0 Å². The highest BCUT2D eigenvalue weighted by Crippen LogP contribution is 2.38. The minimum atomic E-state index is -0.0274. The summed E-state index contributed by atoms with van der Waals surface area (Å²) in [6.45, 7) is 12.4. The first-order chi connectivity index (χ1) is 16.9. The van der Waals surface area contributed by atoms with Crippen LogP contribution < -0.4 is 14.2 Å². The minimum absolute atomic E-state index is 0.0274. The highest BCUT2D eigenvalue weighted by Gasteiger charge is 2.30. The number of ether oxygens (including phenoxy) is 3. The van der Waals surface area contributed by atoms with Crippen molar-refractivity contribution < 1.29 is 14.2 Å². The molecule has 3 aromatic rings. The average Bonchev–Trinajstić information content (AvgIpc) is 2.84. The Balaban J connectivity index is 1.62. The zero-order valence-corrected chi connectivity index (χ0v) is 21.9. The summed E-state index contributed by atoms with van der Waals surface area (Å²) in [6, 6.07) is 19.7. The Labute approximate surface area is 218 Å². The predicted octanol–water partition coefficient (Wildman–Crippen LogP) is 7.83. The molecule has 0 radical (unpaired) electrons. The molecule has 1 aliphatic rings. The van der Waals surface area contributed by atoms with Crippen LogP contribution in [0.4, 0.5) is 0 Å². The Morgan fingerprint density at radius 2 is 1.63 bits per heavy atom. The van der Waals surface area contributed by atoms with Crippen molar-refractivity contribution in [1.29, 1.82) is 0 Å². The molecule has 35 heavy (non-hydrogen) atoms. The lowest BCUT2D eigenvalue weighted by Gasteiger charge is -2.40. The fraction of sp³-hybridized carbons (Fsp3) is 0.310. The number of hydrogen-bond acceptors (Lipinski definition) is 4. The van der Waals surface area contributed by atoms with Crippen molar-refractivity contribution in [2.45, 2.75) is 39.3 Å². The number of nitrogens with zero attached hydrogens (tertiary/aromatic N) is 1. The number of hydrogen-bond donors (Lipinski definition) is 0. The van der Waals surface area contributed by atoms with E-state index < -0.39 is 0 Å². The van der Waals surface area contributed by atoms with Crippen molar-refractivity contribution in [1.82, 2.24) is 4.90 Å². The van der Waals surface area contributed by atoms with Crippen LogP contribution in [0.1, 0.15) is 43.5 Å². The molecule has 4 nitrogen and oxygen atoms in total. The number of halogens is 2. The number of benzene rings is 3. The molecule has 0 N–H and O–H groups in total. The van der Waals surface area contributed by atoms with Crippen LogP contribution in [0.15, 0.2) is 67.2 Å². The van der Waals surface area contributed by atoms with Crippen LogP contribution >= 0.6 is 23.2 Å². The van der Waals surface area contributed by atoms with E-state index in [-0.39, 0.29) is 12.1 Å². The van der Waals surface area contributed by atoms with Crippen LogP contribution in [0.5, 0.6) is 17.2 Å². The second-order valence-electron chi connectivity index (χ2n) is 8.78. The second kappa shape index (κ2) is 11.3. The topological polar surface area (TPSA) is 30.9 Å². The van der Waals surface area contributed by atoms with E-state index in [1.165, 1.54) is 11.1 Å². The van der Waals surface area contributed by atoms with Crippen LogP contribution in [0.25, 0.3) is 5.70 Å². The van der Waals surface area contributed by atoms with Gasteiger partial charge in [-0.1, -0.05) is 41.9 Å². The first-order valence-electron chi connectivity index (χ1n) is 11.9. The molecule has 0 spiro atoms. The van der Waals surface area contributed by atoms with E-state index >= 15 is 0 Å². The molecule has 184 valence electrons. The summed E-state index contributed by atoms with van der Waals surface area (Å²) in [7, 11) is 0. The van der Waals surface area contributed by atoms with Crippen molar-refractivity contribution in [3.05, 3.63) is 94.0 Å². The highest BCUT2D eigenvalue weighted by atomic mass is 35.5. The molecular weight excluding hydrogens is 481 g/mol. The van der Waals surface area contributed by atoms with E-state index in [1.807, 2.05) is 69.3 Å². The van der Waals surface area contributed by atoms with Gasteiger partial charge in [0.1, 0.15) is 23.9 Å². The molecule has 0 saturated heterocycles. The zero-order valence-electron chi connectivity index (χ0n) is 20.4. The van der Waals surface area contributed by atoms with Gasteiger partial charge in [0, 0.05) is 12.2 Å². The SMILES string of the molecule is C=C(c1ccc(Cl)c(Cl)c1)N1CCc2cc(OC(C)C)ccc2C1COc1ccc(OCC)cc1. The molecule has 4 rings (SSSR count). The third kappa shape index (κ3) is 6.06. The minimum Gasteiger partial charge on any atom is -0.494 e. The van der Waals surface area contributed by atoms with Crippen LogP contribution in [0, 0.1) is 0 Å². The van der Waals surface area contributed by atoms with Gasteiger partial charge in [-0.15, -0.1) is 0 Å². The fourth-order valence-corrected chi connectivity index (χ4v) is 4.65. The summed E-state index contributed by atoms with van der Waals surface area (Å²) in [4.78, 5) is 2.29. The van der Waals surface area contributed by atoms with Gasteiger partial charge in [-0.3, -0.25) is 0 Å². The molecule has 1 atom stereocenters. The van der Waals surface area contributed by atoms with Crippen molar-refractivity contribution in [3.8, 4) is 17.2 Å². The van der Waals surface area contributed by atoms with Crippen LogP contribution in [-0.2, 0) is 6.42 Å².